The summed E-state index contributed by atoms with van der Waals surface area (Å²) in [4.78, 5) is 14.7. The number of aryl methyl sites for hydroxylation is 1. The van der Waals surface area contributed by atoms with E-state index in [1.807, 2.05) is 30.8 Å². The molecule has 0 spiro atoms. The summed E-state index contributed by atoms with van der Waals surface area (Å²) in [7, 11) is 1.98. The van der Waals surface area contributed by atoms with Gasteiger partial charge in [0.1, 0.15) is 0 Å². The molecular weight excluding hydrogens is 312 g/mol. The van der Waals surface area contributed by atoms with Gasteiger partial charge in [-0.15, -0.1) is 0 Å². The quantitative estimate of drug-likeness (QED) is 0.679. The molecule has 0 atom stereocenters. The number of esters is 1. The first-order valence-corrected chi connectivity index (χ1v) is 8.70. The largest absolute Gasteiger partial charge is 0.462 e. The summed E-state index contributed by atoms with van der Waals surface area (Å²) in [5, 5.41) is 0.987. The average molecular weight is 334 g/mol. The van der Waals surface area contributed by atoms with Gasteiger partial charge in [0.05, 0.1) is 12.2 Å². The lowest BCUT2D eigenvalue weighted by Crippen LogP contribution is -2.15. The number of rotatable bonds is 4. The zero-order valence-electron chi connectivity index (χ0n) is 14.7. The first-order chi connectivity index (χ1) is 12.2. The molecule has 0 bridgehead atoms. The summed E-state index contributed by atoms with van der Waals surface area (Å²) < 4.78 is 7.22. The molecule has 4 rings (SSSR count). The average Bonchev–Trinajstić information content (AvgIpc) is 3.14. The number of hydrogen-bond acceptors (Lipinski definition) is 3. The molecule has 0 radical (unpaired) electrons. The monoisotopic (exact) mass is 334 g/mol. The van der Waals surface area contributed by atoms with Crippen LogP contribution in [0, 0.1) is 0 Å². The number of ether oxygens (including phenoxy) is 1. The summed E-state index contributed by atoms with van der Waals surface area (Å²) in [5.74, 6) is -0.243. The standard InChI is InChI=1S/C21H22N2O2/c1-3-25-21(24)19-14-22(2)20-10-17-13-23(12-16(17)9-18(19)20)11-15-7-5-4-6-8-15/h4-10,14H,3,11-13H2,1-2H3. The second-order valence-electron chi connectivity index (χ2n) is 6.64. The van der Waals surface area contributed by atoms with Gasteiger partial charge < -0.3 is 9.30 Å². The Bertz CT molecular complexity index is 928. The molecule has 0 fully saturated rings. The minimum atomic E-state index is -0.243. The van der Waals surface area contributed by atoms with E-state index in [9.17, 15) is 4.79 Å². The van der Waals surface area contributed by atoms with E-state index in [4.69, 9.17) is 4.74 Å². The molecule has 1 aromatic heterocycles. The minimum absolute atomic E-state index is 0.243. The highest BCUT2D eigenvalue weighted by atomic mass is 16.5. The van der Waals surface area contributed by atoms with Crippen LogP contribution in [-0.2, 0) is 31.4 Å². The number of carbonyl (C=O) groups is 1. The molecule has 0 amide bonds. The predicted octanol–water partition coefficient (Wildman–Crippen LogP) is 3.87. The molecule has 0 saturated heterocycles. The molecule has 3 aromatic rings. The molecule has 1 aliphatic rings. The molecule has 0 saturated carbocycles. The Balaban J connectivity index is 1.64. The van der Waals surface area contributed by atoms with Crippen molar-refractivity contribution in [2.45, 2.75) is 26.6 Å². The number of fused-ring (bicyclic) bond motifs is 2. The normalized spacial score (nSPS) is 14.0. The molecule has 4 heteroatoms. The molecule has 2 heterocycles. The van der Waals surface area contributed by atoms with Gasteiger partial charge in [-0.2, -0.15) is 0 Å². The van der Waals surface area contributed by atoms with Gasteiger partial charge in [0.15, 0.2) is 0 Å². The van der Waals surface area contributed by atoms with Crippen molar-refractivity contribution in [3.05, 3.63) is 70.9 Å². The van der Waals surface area contributed by atoms with Crippen LogP contribution >= 0.6 is 0 Å². The van der Waals surface area contributed by atoms with Crippen LogP contribution in [0.2, 0.25) is 0 Å². The van der Waals surface area contributed by atoms with Crippen molar-refractivity contribution in [3.63, 3.8) is 0 Å². The number of hydrogen-bond donors (Lipinski definition) is 0. The second kappa shape index (κ2) is 6.37. The molecule has 4 nitrogen and oxygen atoms in total. The third-order valence-corrected chi connectivity index (χ3v) is 4.84. The van der Waals surface area contributed by atoms with Crippen LogP contribution in [0.5, 0.6) is 0 Å². The van der Waals surface area contributed by atoms with Crippen molar-refractivity contribution in [1.82, 2.24) is 9.47 Å². The van der Waals surface area contributed by atoms with Gasteiger partial charge in [-0.25, -0.2) is 4.79 Å². The van der Waals surface area contributed by atoms with E-state index in [-0.39, 0.29) is 5.97 Å². The van der Waals surface area contributed by atoms with E-state index in [1.54, 1.807) is 0 Å². The Labute approximate surface area is 147 Å². The molecule has 25 heavy (non-hydrogen) atoms. The Morgan fingerprint density at radius 2 is 1.84 bits per heavy atom. The third kappa shape index (κ3) is 2.94. The van der Waals surface area contributed by atoms with Crippen molar-refractivity contribution in [2.75, 3.05) is 6.61 Å². The van der Waals surface area contributed by atoms with E-state index in [0.29, 0.717) is 12.2 Å². The second-order valence-corrected chi connectivity index (χ2v) is 6.64. The summed E-state index contributed by atoms with van der Waals surface area (Å²) in [6, 6.07) is 14.9. The smallest absolute Gasteiger partial charge is 0.340 e. The molecular formula is C21H22N2O2. The van der Waals surface area contributed by atoms with Gasteiger partial charge in [-0.3, -0.25) is 4.90 Å². The van der Waals surface area contributed by atoms with Crippen LogP contribution in [0.1, 0.15) is 34.0 Å². The molecule has 1 aliphatic heterocycles. The van der Waals surface area contributed by atoms with Crippen LogP contribution in [-0.4, -0.2) is 22.0 Å². The van der Waals surface area contributed by atoms with Gasteiger partial charge in [-0.1, -0.05) is 30.3 Å². The molecule has 2 aromatic carbocycles. The molecule has 0 aliphatic carbocycles. The Morgan fingerprint density at radius 3 is 2.56 bits per heavy atom. The Morgan fingerprint density at radius 1 is 1.12 bits per heavy atom. The zero-order chi connectivity index (χ0) is 17.4. The summed E-state index contributed by atoms with van der Waals surface area (Å²) >= 11 is 0. The number of nitrogens with zero attached hydrogens (tertiary/aromatic N) is 2. The number of benzene rings is 2. The predicted molar refractivity (Wildman–Crippen MR) is 98.3 cm³/mol. The fourth-order valence-electron chi connectivity index (χ4n) is 3.67. The van der Waals surface area contributed by atoms with Crippen molar-refractivity contribution in [2.24, 2.45) is 7.05 Å². The Hall–Kier alpha value is -2.59. The van der Waals surface area contributed by atoms with Crippen molar-refractivity contribution < 1.29 is 9.53 Å². The summed E-state index contributed by atoms with van der Waals surface area (Å²) in [6.07, 6.45) is 1.87. The highest BCUT2D eigenvalue weighted by Crippen LogP contribution is 2.31. The summed E-state index contributed by atoms with van der Waals surface area (Å²) in [6.45, 7) is 5.03. The highest BCUT2D eigenvalue weighted by Gasteiger charge is 2.23. The fraction of sp³-hybridized carbons (Fsp3) is 0.286. The van der Waals surface area contributed by atoms with E-state index in [2.05, 4.69) is 41.3 Å². The SMILES string of the molecule is CCOC(=O)c1cn(C)c2cc3c(cc12)CN(Cc1ccccc1)C3. The minimum Gasteiger partial charge on any atom is -0.462 e. The lowest BCUT2D eigenvalue weighted by molar-refractivity contribution is 0.0528. The maximum absolute atomic E-state index is 12.2. The van der Waals surface area contributed by atoms with E-state index in [0.717, 1.165) is 30.5 Å². The van der Waals surface area contributed by atoms with Gasteiger partial charge in [0.2, 0.25) is 0 Å². The van der Waals surface area contributed by atoms with Crippen molar-refractivity contribution in [1.29, 1.82) is 0 Å². The van der Waals surface area contributed by atoms with Gasteiger partial charge in [0.25, 0.3) is 0 Å². The number of carbonyl (C=O) groups excluding carboxylic acids is 1. The third-order valence-electron chi connectivity index (χ3n) is 4.84. The van der Waals surface area contributed by atoms with E-state index in [1.165, 1.54) is 16.7 Å². The summed E-state index contributed by atoms with van der Waals surface area (Å²) in [5.41, 5.74) is 5.72. The lowest BCUT2D eigenvalue weighted by atomic mass is 10.1. The number of aromatic nitrogens is 1. The van der Waals surface area contributed by atoms with Crippen LogP contribution in [0.25, 0.3) is 10.9 Å². The zero-order valence-corrected chi connectivity index (χ0v) is 14.7. The molecule has 128 valence electrons. The van der Waals surface area contributed by atoms with Crippen LogP contribution in [0.4, 0.5) is 0 Å². The topological polar surface area (TPSA) is 34.5 Å². The van der Waals surface area contributed by atoms with Gasteiger partial charge >= 0.3 is 5.97 Å². The Kier molecular flexibility index (Phi) is 4.06. The van der Waals surface area contributed by atoms with Crippen molar-refractivity contribution >= 4 is 16.9 Å². The molecule has 0 unspecified atom stereocenters. The molecule has 0 N–H and O–H groups in total. The first-order valence-electron chi connectivity index (χ1n) is 8.70. The lowest BCUT2D eigenvalue weighted by Gasteiger charge is -2.14. The van der Waals surface area contributed by atoms with Crippen LogP contribution in [0.15, 0.2) is 48.7 Å². The van der Waals surface area contributed by atoms with Gasteiger partial charge in [-0.05, 0) is 35.7 Å². The maximum Gasteiger partial charge on any atom is 0.340 e. The maximum atomic E-state index is 12.2. The highest BCUT2D eigenvalue weighted by molar-refractivity contribution is 6.04. The van der Waals surface area contributed by atoms with E-state index < -0.39 is 0 Å². The van der Waals surface area contributed by atoms with Crippen LogP contribution in [0.3, 0.4) is 0 Å². The van der Waals surface area contributed by atoms with Crippen LogP contribution < -0.4 is 0 Å². The fourth-order valence-corrected chi connectivity index (χ4v) is 3.67. The van der Waals surface area contributed by atoms with Gasteiger partial charge in [0, 0.05) is 43.8 Å². The van der Waals surface area contributed by atoms with Crippen molar-refractivity contribution in [3.8, 4) is 0 Å². The van der Waals surface area contributed by atoms with E-state index >= 15 is 0 Å². The first kappa shape index (κ1) is 15.9.